The first-order valence-corrected chi connectivity index (χ1v) is 5.17. The SMILES string of the molecule is COC(=O)c1nc(C(C)N)n2c(N)cccc12. The molecule has 1 unspecified atom stereocenters. The fourth-order valence-corrected chi connectivity index (χ4v) is 1.74. The van der Waals surface area contributed by atoms with E-state index in [9.17, 15) is 4.79 Å². The number of ether oxygens (including phenoxy) is 1. The number of fused-ring (bicyclic) bond motifs is 1. The summed E-state index contributed by atoms with van der Waals surface area (Å²) in [4.78, 5) is 15.8. The topological polar surface area (TPSA) is 95.6 Å². The monoisotopic (exact) mass is 234 g/mol. The quantitative estimate of drug-likeness (QED) is 0.746. The molecular formula is C11H14N4O2. The molecule has 17 heavy (non-hydrogen) atoms. The lowest BCUT2D eigenvalue weighted by Crippen LogP contribution is -2.11. The van der Waals surface area contributed by atoms with E-state index in [0.717, 1.165) is 0 Å². The molecule has 0 saturated heterocycles. The number of imidazole rings is 1. The highest BCUT2D eigenvalue weighted by atomic mass is 16.5. The van der Waals surface area contributed by atoms with Crippen molar-refractivity contribution < 1.29 is 9.53 Å². The normalized spacial score (nSPS) is 12.6. The number of esters is 1. The van der Waals surface area contributed by atoms with Crippen LogP contribution >= 0.6 is 0 Å². The second-order valence-electron chi connectivity index (χ2n) is 3.77. The summed E-state index contributed by atoms with van der Waals surface area (Å²) in [5.74, 6) is 0.524. The molecule has 0 aliphatic rings. The number of rotatable bonds is 2. The van der Waals surface area contributed by atoms with Crippen LogP contribution in [0.5, 0.6) is 0 Å². The standard InChI is InChI=1S/C11H14N4O2/c1-6(12)10-14-9(11(16)17-2)7-4-3-5-8(13)15(7)10/h3-6H,12-13H2,1-2H3. The molecule has 6 heteroatoms. The second kappa shape index (κ2) is 4.06. The average Bonchev–Trinajstić information content (AvgIpc) is 2.69. The first-order valence-electron chi connectivity index (χ1n) is 5.17. The first-order chi connectivity index (χ1) is 8.06. The van der Waals surface area contributed by atoms with Crippen LogP contribution < -0.4 is 11.5 Å². The van der Waals surface area contributed by atoms with Crippen molar-refractivity contribution >= 4 is 17.3 Å². The van der Waals surface area contributed by atoms with Gasteiger partial charge in [-0.15, -0.1) is 0 Å². The molecule has 0 aromatic carbocycles. The summed E-state index contributed by atoms with van der Waals surface area (Å²) in [5, 5.41) is 0. The highest BCUT2D eigenvalue weighted by Gasteiger charge is 2.20. The van der Waals surface area contributed by atoms with Gasteiger partial charge in [0.05, 0.1) is 18.7 Å². The molecule has 4 N–H and O–H groups in total. The minimum atomic E-state index is -0.500. The predicted octanol–water partition coefficient (Wildman–Crippen LogP) is 0.723. The Balaban J connectivity index is 2.80. The van der Waals surface area contributed by atoms with Crippen LogP contribution in [0, 0.1) is 0 Å². The molecule has 0 radical (unpaired) electrons. The summed E-state index contributed by atoms with van der Waals surface area (Å²) in [6.45, 7) is 1.78. The Morgan fingerprint density at radius 1 is 1.53 bits per heavy atom. The van der Waals surface area contributed by atoms with Gasteiger partial charge in [-0.1, -0.05) is 6.07 Å². The number of hydrogen-bond donors (Lipinski definition) is 2. The highest BCUT2D eigenvalue weighted by Crippen LogP contribution is 2.21. The highest BCUT2D eigenvalue weighted by molar-refractivity contribution is 5.95. The largest absolute Gasteiger partial charge is 0.464 e. The van der Waals surface area contributed by atoms with Crippen LogP contribution in [0.4, 0.5) is 5.82 Å². The Bertz CT molecular complexity index is 574. The van der Waals surface area contributed by atoms with Crippen molar-refractivity contribution in [2.24, 2.45) is 5.73 Å². The Kier molecular flexibility index (Phi) is 2.72. The van der Waals surface area contributed by atoms with Crippen LogP contribution in [-0.2, 0) is 4.74 Å². The maximum absolute atomic E-state index is 11.6. The van der Waals surface area contributed by atoms with E-state index in [2.05, 4.69) is 9.72 Å². The van der Waals surface area contributed by atoms with E-state index in [1.807, 2.05) is 0 Å². The van der Waals surface area contributed by atoms with Crippen molar-refractivity contribution in [3.8, 4) is 0 Å². The van der Waals surface area contributed by atoms with Gasteiger partial charge < -0.3 is 16.2 Å². The number of nitrogen functional groups attached to an aromatic ring is 1. The minimum absolute atomic E-state index is 0.229. The number of methoxy groups -OCH3 is 1. The van der Waals surface area contributed by atoms with Crippen LogP contribution in [0.25, 0.3) is 5.52 Å². The molecule has 0 aliphatic heterocycles. The third-order valence-corrected chi connectivity index (χ3v) is 2.50. The number of anilines is 1. The third kappa shape index (κ3) is 1.72. The van der Waals surface area contributed by atoms with E-state index in [4.69, 9.17) is 11.5 Å². The van der Waals surface area contributed by atoms with Gasteiger partial charge in [-0.05, 0) is 19.1 Å². The fraction of sp³-hybridized carbons (Fsp3) is 0.273. The molecule has 0 aliphatic carbocycles. The number of hydrogen-bond acceptors (Lipinski definition) is 5. The zero-order valence-electron chi connectivity index (χ0n) is 9.68. The third-order valence-electron chi connectivity index (χ3n) is 2.50. The lowest BCUT2D eigenvalue weighted by atomic mass is 10.3. The summed E-state index contributed by atoms with van der Waals surface area (Å²) >= 11 is 0. The van der Waals surface area contributed by atoms with Gasteiger partial charge in [0.25, 0.3) is 0 Å². The van der Waals surface area contributed by atoms with E-state index >= 15 is 0 Å². The molecule has 1 atom stereocenters. The van der Waals surface area contributed by atoms with Crippen LogP contribution in [0.2, 0.25) is 0 Å². The lowest BCUT2D eigenvalue weighted by Gasteiger charge is -2.06. The molecule has 0 fully saturated rings. The summed E-state index contributed by atoms with van der Waals surface area (Å²) in [6.07, 6.45) is 0. The number of carbonyl (C=O) groups is 1. The molecule has 0 spiro atoms. The van der Waals surface area contributed by atoms with Gasteiger partial charge in [0, 0.05) is 0 Å². The summed E-state index contributed by atoms with van der Waals surface area (Å²) in [6, 6.07) is 4.90. The molecular weight excluding hydrogens is 220 g/mol. The van der Waals surface area contributed by atoms with E-state index in [1.165, 1.54) is 7.11 Å². The van der Waals surface area contributed by atoms with Crippen LogP contribution in [0.15, 0.2) is 18.2 Å². The maximum Gasteiger partial charge on any atom is 0.358 e. The van der Waals surface area contributed by atoms with Gasteiger partial charge in [0.15, 0.2) is 5.69 Å². The predicted molar refractivity (Wildman–Crippen MR) is 63.5 cm³/mol. The van der Waals surface area contributed by atoms with E-state index in [-0.39, 0.29) is 11.7 Å². The Hall–Kier alpha value is -2.08. The molecule has 2 aromatic heterocycles. The molecule has 6 nitrogen and oxygen atoms in total. The maximum atomic E-state index is 11.6. The zero-order chi connectivity index (χ0) is 12.6. The van der Waals surface area contributed by atoms with Crippen LogP contribution in [0.3, 0.4) is 0 Å². The van der Waals surface area contributed by atoms with E-state index in [1.54, 1.807) is 29.5 Å². The van der Waals surface area contributed by atoms with Crippen molar-refractivity contribution in [1.29, 1.82) is 0 Å². The Morgan fingerprint density at radius 2 is 2.24 bits per heavy atom. The Morgan fingerprint density at radius 3 is 2.82 bits per heavy atom. The smallest absolute Gasteiger partial charge is 0.358 e. The number of nitrogens with two attached hydrogens (primary N) is 2. The molecule has 0 amide bonds. The van der Waals surface area contributed by atoms with Gasteiger partial charge in [0.1, 0.15) is 11.6 Å². The van der Waals surface area contributed by atoms with Gasteiger partial charge in [0.2, 0.25) is 0 Å². The van der Waals surface area contributed by atoms with Gasteiger partial charge >= 0.3 is 5.97 Å². The summed E-state index contributed by atoms with van der Waals surface area (Å²) < 4.78 is 6.34. The molecule has 0 saturated carbocycles. The van der Waals surface area contributed by atoms with Gasteiger partial charge in [-0.3, -0.25) is 4.40 Å². The van der Waals surface area contributed by atoms with Gasteiger partial charge in [-0.2, -0.15) is 0 Å². The number of aromatic nitrogens is 2. The van der Waals surface area contributed by atoms with Crippen molar-refractivity contribution in [3.63, 3.8) is 0 Å². The minimum Gasteiger partial charge on any atom is -0.464 e. The summed E-state index contributed by atoms with van der Waals surface area (Å²) in [7, 11) is 1.31. The van der Waals surface area contributed by atoms with Gasteiger partial charge in [-0.25, -0.2) is 9.78 Å². The summed E-state index contributed by atoms with van der Waals surface area (Å²) in [5.41, 5.74) is 12.5. The van der Waals surface area contributed by atoms with Crippen molar-refractivity contribution in [2.45, 2.75) is 13.0 Å². The van der Waals surface area contributed by atoms with Crippen molar-refractivity contribution in [3.05, 3.63) is 29.7 Å². The number of pyridine rings is 1. The Labute approximate surface area is 98.2 Å². The number of carbonyl (C=O) groups excluding carboxylic acids is 1. The molecule has 0 bridgehead atoms. The van der Waals surface area contributed by atoms with Crippen LogP contribution in [-0.4, -0.2) is 22.5 Å². The second-order valence-corrected chi connectivity index (χ2v) is 3.77. The average molecular weight is 234 g/mol. The molecule has 2 rings (SSSR count). The zero-order valence-corrected chi connectivity index (χ0v) is 9.68. The van der Waals surface area contributed by atoms with Crippen molar-refractivity contribution in [2.75, 3.05) is 12.8 Å². The molecule has 2 heterocycles. The van der Waals surface area contributed by atoms with E-state index < -0.39 is 5.97 Å². The van der Waals surface area contributed by atoms with E-state index in [0.29, 0.717) is 17.2 Å². The molecule has 2 aromatic rings. The van der Waals surface area contributed by atoms with Crippen LogP contribution in [0.1, 0.15) is 29.3 Å². The first kappa shape index (κ1) is 11.4. The van der Waals surface area contributed by atoms with Crippen molar-refractivity contribution in [1.82, 2.24) is 9.38 Å². The fourth-order valence-electron chi connectivity index (χ4n) is 1.74. The number of nitrogens with zero attached hydrogens (tertiary/aromatic N) is 2. The lowest BCUT2D eigenvalue weighted by molar-refractivity contribution is 0.0597. The molecule has 90 valence electrons.